The van der Waals surface area contributed by atoms with Crippen LogP contribution in [0.15, 0.2) is 0 Å². The second-order valence-corrected chi connectivity index (χ2v) is 3.97. The monoisotopic (exact) mass is 224 g/mol. The Bertz CT molecular complexity index is 310. The van der Waals surface area contributed by atoms with Crippen LogP contribution in [0.4, 0.5) is 0 Å². The van der Waals surface area contributed by atoms with E-state index in [1.54, 1.807) is 6.07 Å². The summed E-state index contributed by atoms with van der Waals surface area (Å²) < 4.78 is 0. The van der Waals surface area contributed by atoms with Gasteiger partial charge in [-0.05, 0) is 25.9 Å². The van der Waals surface area contributed by atoms with E-state index in [2.05, 4.69) is 15.5 Å². The van der Waals surface area contributed by atoms with Crippen molar-refractivity contribution in [3.8, 4) is 6.07 Å². The van der Waals surface area contributed by atoms with E-state index in [0.717, 1.165) is 19.5 Å². The van der Waals surface area contributed by atoms with Crippen molar-refractivity contribution in [3.05, 3.63) is 0 Å². The quantitative estimate of drug-likeness (QED) is 0.460. The summed E-state index contributed by atoms with van der Waals surface area (Å²) in [4.78, 5) is 24.5. The molecule has 0 radical (unpaired) electrons. The van der Waals surface area contributed by atoms with Crippen LogP contribution in [0.3, 0.4) is 0 Å². The zero-order valence-electron chi connectivity index (χ0n) is 9.32. The second kappa shape index (κ2) is 6.08. The normalized spacial score (nSPS) is 20.1. The van der Waals surface area contributed by atoms with E-state index < -0.39 is 11.8 Å². The van der Waals surface area contributed by atoms with Crippen LogP contribution in [0.1, 0.15) is 6.42 Å². The van der Waals surface area contributed by atoms with Crippen molar-refractivity contribution in [1.29, 1.82) is 5.26 Å². The molecule has 0 aromatic rings. The lowest BCUT2D eigenvalue weighted by atomic mass is 10.1. The Kier molecular flexibility index (Phi) is 4.73. The van der Waals surface area contributed by atoms with Crippen molar-refractivity contribution in [2.75, 3.05) is 33.2 Å². The van der Waals surface area contributed by atoms with Gasteiger partial charge in [-0.1, -0.05) is 0 Å². The minimum atomic E-state index is -0.743. The molecule has 1 aliphatic rings. The Morgan fingerprint density at radius 2 is 2.12 bits per heavy atom. The van der Waals surface area contributed by atoms with E-state index in [-0.39, 0.29) is 6.54 Å². The first kappa shape index (κ1) is 12.5. The fraction of sp³-hybridized carbons (Fsp3) is 0.700. The highest BCUT2D eigenvalue weighted by molar-refractivity contribution is 6.35. The lowest BCUT2D eigenvalue weighted by Gasteiger charge is -2.11. The molecule has 88 valence electrons. The minimum Gasteiger partial charge on any atom is -0.348 e. The number of likely N-dealkylation sites (tertiary alicyclic amines) is 1. The van der Waals surface area contributed by atoms with Crippen LogP contribution in [-0.4, -0.2) is 49.9 Å². The third-order valence-corrected chi connectivity index (χ3v) is 2.57. The summed E-state index contributed by atoms with van der Waals surface area (Å²) in [5, 5.41) is 13.0. The van der Waals surface area contributed by atoms with E-state index >= 15 is 0 Å². The summed E-state index contributed by atoms with van der Waals surface area (Å²) in [6.07, 6.45) is 1.04. The first-order chi connectivity index (χ1) is 7.63. The largest absolute Gasteiger partial charge is 0.348 e. The molecular formula is C10H16N4O2. The third kappa shape index (κ3) is 3.87. The molecule has 6 heteroatoms. The van der Waals surface area contributed by atoms with Crippen molar-refractivity contribution in [2.24, 2.45) is 5.92 Å². The summed E-state index contributed by atoms with van der Waals surface area (Å²) in [6.45, 7) is 2.35. The fourth-order valence-electron chi connectivity index (χ4n) is 1.71. The van der Waals surface area contributed by atoms with Crippen LogP contribution >= 0.6 is 0 Å². The van der Waals surface area contributed by atoms with E-state index in [9.17, 15) is 9.59 Å². The van der Waals surface area contributed by atoms with E-state index in [1.165, 1.54) is 0 Å². The molecular weight excluding hydrogens is 208 g/mol. The van der Waals surface area contributed by atoms with Gasteiger partial charge in [0.15, 0.2) is 0 Å². The van der Waals surface area contributed by atoms with Gasteiger partial charge in [0.2, 0.25) is 0 Å². The Hall–Kier alpha value is -1.61. The molecule has 0 bridgehead atoms. The molecule has 1 saturated heterocycles. The molecule has 6 nitrogen and oxygen atoms in total. The zero-order valence-corrected chi connectivity index (χ0v) is 9.32. The highest BCUT2D eigenvalue weighted by atomic mass is 16.2. The van der Waals surface area contributed by atoms with Gasteiger partial charge < -0.3 is 15.5 Å². The summed E-state index contributed by atoms with van der Waals surface area (Å²) in [5.74, 6) is -0.990. The molecule has 1 fully saturated rings. The molecule has 1 rings (SSSR count). The van der Waals surface area contributed by atoms with Crippen LogP contribution in [0.25, 0.3) is 0 Å². The smallest absolute Gasteiger partial charge is 0.310 e. The Morgan fingerprint density at radius 1 is 1.44 bits per heavy atom. The van der Waals surface area contributed by atoms with Crippen molar-refractivity contribution in [3.63, 3.8) is 0 Å². The van der Waals surface area contributed by atoms with Gasteiger partial charge in [-0.3, -0.25) is 9.59 Å². The molecule has 1 heterocycles. The maximum atomic E-state index is 11.2. The lowest BCUT2D eigenvalue weighted by Crippen LogP contribution is -2.42. The van der Waals surface area contributed by atoms with Crippen LogP contribution in [0.5, 0.6) is 0 Å². The third-order valence-electron chi connectivity index (χ3n) is 2.57. The number of nitriles is 1. The number of rotatable bonds is 3. The van der Waals surface area contributed by atoms with Gasteiger partial charge in [-0.2, -0.15) is 5.26 Å². The number of nitrogens with one attached hydrogen (secondary N) is 2. The first-order valence-electron chi connectivity index (χ1n) is 5.25. The average molecular weight is 224 g/mol. The summed E-state index contributed by atoms with van der Waals surface area (Å²) in [7, 11) is 2.03. The van der Waals surface area contributed by atoms with E-state index in [4.69, 9.17) is 5.26 Å². The number of amides is 2. The summed E-state index contributed by atoms with van der Waals surface area (Å²) in [6, 6.07) is 1.74. The zero-order chi connectivity index (χ0) is 12.0. The maximum absolute atomic E-state index is 11.2. The van der Waals surface area contributed by atoms with Crippen molar-refractivity contribution < 1.29 is 9.59 Å². The van der Waals surface area contributed by atoms with Crippen LogP contribution in [0.2, 0.25) is 0 Å². The minimum absolute atomic E-state index is 0.140. The number of hydrogen-bond donors (Lipinski definition) is 2. The van der Waals surface area contributed by atoms with E-state index in [1.807, 2.05) is 7.05 Å². The molecule has 1 aliphatic heterocycles. The Balaban J connectivity index is 2.20. The SMILES string of the molecule is CN1CCC(CNC(=O)C(=O)NCC#N)C1. The predicted molar refractivity (Wildman–Crippen MR) is 57.2 cm³/mol. The van der Waals surface area contributed by atoms with Crippen LogP contribution in [-0.2, 0) is 9.59 Å². The topological polar surface area (TPSA) is 85.2 Å². The van der Waals surface area contributed by atoms with Gasteiger partial charge >= 0.3 is 11.8 Å². The summed E-state index contributed by atoms with van der Waals surface area (Å²) in [5.41, 5.74) is 0. The highest BCUT2D eigenvalue weighted by Gasteiger charge is 2.21. The average Bonchev–Trinajstić information content (AvgIpc) is 2.68. The molecule has 0 aliphatic carbocycles. The number of hydrogen-bond acceptors (Lipinski definition) is 4. The predicted octanol–water partition coefficient (Wildman–Crippen LogP) is -1.31. The molecule has 0 aromatic carbocycles. The van der Waals surface area contributed by atoms with Crippen molar-refractivity contribution >= 4 is 11.8 Å². The van der Waals surface area contributed by atoms with Gasteiger partial charge in [0, 0.05) is 13.1 Å². The Labute approximate surface area is 94.6 Å². The molecule has 2 N–H and O–H groups in total. The van der Waals surface area contributed by atoms with Gasteiger partial charge in [0.1, 0.15) is 6.54 Å². The molecule has 0 spiro atoms. The molecule has 1 atom stereocenters. The first-order valence-corrected chi connectivity index (χ1v) is 5.25. The van der Waals surface area contributed by atoms with E-state index in [0.29, 0.717) is 12.5 Å². The van der Waals surface area contributed by atoms with Gasteiger partial charge in [0.05, 0.1) is 6.07 Å². The van der Waals surface area contributed by atoms with Gasteiger partial charge in [0.25, 0.3) is 0 Å². The summed E-state index contributed by atoms with van der Waals surface area (Å²) >= 11 is 0. The fourth-order valence-corrected chi connectivity index (χ4v) is 1.71. The molecule has 2 amide bonds. The lowest BCUT2D eigenvalue weighted by molar-refractivity contribution is -0.139. The maximum Gasteiger partial charge on any atom is 0.310 e. The Morgan fingerprint density at radius 3 is 2.69 bits per heavy atom. The highest BCUT2D eigenvalue weighted by Crippen LogP contribution is 2.12. The standard InChI is InChI=1S/C10H16N4O2/c1-14-5-2-8(7-14)6-13-10(16)9(15)12-4-3-11/h8H,2,4-7H2,1H3,(H,12,15)(H,13,16). The van der Waals surface area contributed by atoms with Crippen LogP contribution < -0.4 is 10.6 Å². The van der Waals surface area contributed by atoms with Crippen LogP contribution in [0, 0.1) is 17.2 Å². The molecule has 0 aromatic heterocycles. The van der Waals surface area contributed by atoms with Crippen molar-refractivity contribution in [1.82, 2.24) is 15.5 Å². The number of carbonyl (C=O) groups is 2. The second-order valence-electron chi connectivity index (χ2n) is 3.97. The van der Waals surface area contributed by atoms with Gasteiger partial charge in [-0.25, -0.2) is 0 Å². The molecule has 16 heavy (non-hydrogen) atoms. The van der Waals surface area contributed by atoms with Crippen molar-refractivity contribution in [2.45, 2.75) is 6.42 Å². The van der Waals surface area contributed by atoms with Gasteiger partial charge in [-0.15, -0.1) is 0 Å². The number of nitrogens with zero attached hydrogens (tertiary/aromatic N) is 2. The molecule has 0 saturated carbocycles. The number of carbonyl (C=O) groups excluding carboxylic acids is 2. The molecule has 1 unspecified atom stereocenters.